The summed E-state index contributed by atoms with van der Waals surface area (Å²) >= 11 is 0. The molecule has 0 aromatic heterocycles. The zero-order valence-corrected chi connectivity index (χ0v) is 6.88. The van der Waals surface area contributed by atoms with Crippen LogP contribution in [-0.4, -0.2) is 25.3 Å². The molecule has 10 heavy (non-hydrogen) atoms. The summed E-state index contributed by atoms with van der Waals surface area (Å²) in [5.41, 5.74) is 0. The molecule has 0 unspecified atom stereocenters. The second-order valence-corrected chi connectivity index (χ2v) is 2.36. The Hall–Kier alpha value is -0.790. The van der Waals surface area contributed by atoms with Gasteiger partial charge in [-0.2, -0.15) is 5.10 Å². The standard InChI is InChI=1S/C8H16N2/c1-4-5-6-7-8-9-10(2)3/h4,8H,1,5-7H2,2-3H3. The third-order valence-electron chi connectivity index (χ3n) is 1.05. The van der Waals surface area contributed by atoms with Gasteiger partial charge in [-0.25, -0.2) is 0 Å². The van der Waals surface area contributed by atoms with Gasteiger partial charge in [-0.15, -0.1) is 6.58 Å². The largest absolute Gasteiger partial charge is 0.303 e. The van der Waals surface area contributed by atoms with Gasteiger partial charge in [0.2, 0.25) is 0 Å². The number of unbranched alkanes of at least 4 members (excludes halogenated alkanes) is 2. The molecular weight excluding hydrogens is 124 g/mol. The molecule has 0 aliphatic carbocycles. The number of rotatable bonds is 5. The van der Waals surface area contributed by atoms with Gasteiger partial charge in [0.1, 0.15) is 0 Å². The first-order valence-electron chi connectivity index (χ1n) is 3.58. The first-order chi connectivity index (χ1) is 4.77. The second-order valence-electron chi connectivity index (χ2n) is 2.36. The van der Waals surface area contributed by atoms with Crippen LogP contribution < -0.4 is 0 Å². The molecule has 0 aromatic carbocycles. The van der Waals surface area contributed by atoms with Gasteiger partial charge >= 0.3 is 0 Å². The Balaban J connectivity index is 3.10. The molecule has 0 bridgehead atoms. The summed E-state index contributed by atoms with van der Waals surface area (Å²) in [7, 11) is 3.84. The van der Waals surface area contributed by atoms with E-state index >= 15 is 0 Å². The monoisotopic (exact) mass is 140 g/mol. The molecule has 0 heterocycles. The minimum absolute atomic E-state index is 1.05. The Kier molecular flexibility index (Phi) is 5.83. The van der Waals surface area contributed by atoms with Crippen LogP contribution in [0, 0.1) is 0 Å². The van der Waals surface area contributed by atoms with Crippen LogP contribution in [0.2, 0.25) is 0 Å². The topological polar surface area (TPSA) is 15.6 Å². The van der Waals surface area contributed by atoms with Gasteiger partial charge in [0.25, 0.3) is 0 Å². The quantitative estimate of drug-likeness (QED) is 0.246. The second kappa shape index (κ2) is 6.33. The third-order valence-corrected chi connectivity index (χ3v) is 1.05. The van der Waals surface area contributed by atoms with E-state index in [0.717, 1.165) is 19.3 Å². The van der Waals surface area contributed by atoms with E-state index in [4.69, 9.17) is 0 Å². The van der Waals surface area contributed by atoms with Crippen molar-refractivity contribution in [2.45, 2.75) is 19.3 Å². The van der Waals surface area contributed by atoms with Crippen molar-refractivity contribution in [1.82, 2.24) is 5.01 Å². The lowest BCUT2D eigenvalue weighted by atomic mass is 10.2. The molecule has 0 aliphatic heterocycles. The predicted octanol–water partition coefficient (Wildman–Crippen LogP) is 1.89. The molecular formula is C8H16N2. The third kappa shape index (κ3) is 7.21. The maximum atomic E-state index is 4.07. The molecule has 0 fully saturated rings. The highest BCUT2D eigenvalue weighted by molar-refractivity contribution is 5.56. The molecule has 2 nitrogen and oxygen atoms in total. The molecule has 0 aliphatic rings. The van der Waals surface area contributed by atoms with E-state index in [0.29, 0.717) is 0 Å². The smallest absolute Gasteiger partial charge is 0.0245 e. The number of allylic oxidation sites excluding steroid dienone is 1. The summed E-state index contributed by atoms with van der Waals surface area (Å²) < 4.78 is 0. The van der Waals surface area contributed by atoms with Gasteiger partial charge in [0.15, 0.2) is 0 Å². The van der Waals surface area contributed by atoms with Crippen molar-refractivity contribution in [3.05, 3.63) is 12.7 Å². The van der Waals surface area contributed by atoms with E-state index in [2.05, 4.69) is 11.7 Å². The van der Waals surface area contributed by atoms with Gasteiger partial charge in [0.05, 0.1) is 0 Å². The van der Waals surface area contributed by atoms with Crippen molar-refractivity contribution >= 4 is 6.21 Å². The van der Waals surface area contributed by atoms with E-state index in [1.807, 2.05) is 26.4 Å². The molecule has 0 saturated carbocycles. The van der Waals surface area contributed by atoms with Crippen LogP contribution in [0.4, 0.5) is 0 Å². The van der Waals surface area contributed by atoms with Crippen LogP contribution in [-0.2, 0) is 0 Å². The van der Waals surface area contributed by atoms with Crippen molar-refractivity contribution < 1.29 is 0 Å². The Labute approximate surface area is 63.2 Å². The summed E-state index contributed by atoms with van der Waals surface area (Å²) in [6.07, 6.45) is 7.15. The average molecular weight is 140 g/mol. The van der Waals surface area contributed by atoms with Gasteiger partial charge in [-0.1, -0.05) is 6.08 Å². The lowest BCUT2D eigenvalue weighted by molar-refractivity contribution is 0.439. The summed E-state index contributed by atoms with van der Waals surface area (Å²) in [4.78, 5) is 0. The zero-order valence-electron chi connectivity index (χ0n) is 6.88. The van der Waals surface area contributed by atoms with Crippen LogP contribution >= 0.6 is 0 Å². The first-order valence-corrected chi connectivity index (χ1v) is 3.58. The van der Waals surface area contributed by atoms with Crippen LogP contribution in [0.1, 0.15) is 19.3 Å². The van der Waals surface area contributed by atoms with E-state index in [-0.39, 0.29) is 0 Å². The number of hydrogen-bond donors (Lipinski definition) is 0. The van der Waals surface area contributed by atoms with Crippen molar-refractivity contribution in [2.24, 2.45) is 5.10 Å². The summed E-state index contributed by atoms with van der Waals surface area (Å²) in [6, 6.07) is 0. The average Bonchev–Trinajstić information content (AvgIpc) is 1.87. The van der Waals surface area contributed by atoms with E-state index in [1.54, 1.807) is 5.01 Å². The van der Waals surface area contributed by atoms with Gasteiger partial charge < -0.3 is 5.01 Å². The fraction of sp³-hybridized carbons (Fsp3) is 0.625. The van der Waals surface area contributed by atoms with Crippen LogP contribution in [0.15, 0.2) is 17.8 Å². The minimum Gasteiger partial charge on any atom is -0.303 e. The van der Waals surface area contributed by atoms with Gasteiger partial charge in [-0.05, 0) is 19.3 Å². The fourth-order valence-corrected chi connectivity index (χ4v) is 0.575. The summed E-state index contributed by atoms with van der Waals surface area (Å²) in [5, 5.41) is 5.87. The highest BCUT2D eigenvalue weighted by Gasteiger charge is 1.80. The van der Waals surface area contributed by atoms with Gasteiger partial charge in [-0.3, -0.25) is 0 Å². The van der Waals surface area contributed by atoms with E-state index < -0.39 is 0 Å². The molecule has 0 spiro atoms. The van der Waals surface area contributed by atoms with Crippen molar-refractivity contribution in [2.75, 3.05) is 14.1 Å². The SMILES string of the molecule is C=CCCCC=NN(C)C. The minimum atomic E-state index is 1.05. The van der Waals surface area contributed by atoms with Crippen LogP contribution in [0.25, 0.3) is 0 Å². The molecule has 0 aromatic rings. The molecule has 0 radical (unpaired) electrons. The molecule has 0 rings (SSSR count). The first kappa shape index (κ1) is 9.21. The lowest BCUT2D eigenvalue weighted by Gasteiger charge is -2.01. The molecule has 58 valence electrons. The Morgan fingerprint density at radius 3 is 2.60 bits per heavy atom. The summed E-state index contributed by atoms with van der Waals surface area (Å²) in [5.74, 6) is 0. The lowest BCUT2D eigenvalue weighted by Crippen LogP contribution is -2.01. The number of hydrazone groups is 1. The van der Waals surface area contributed by atoms with Crippen molar-refractivity contribution in [3.8, 4) is 0 Å². The van der Waals surface area contributed by atoms with Crippen molar-refractivity contribution in [1.29, 1.82) is 0 Å². The molecule has 2 heteroatoms. The van der Waals surface area contributed by atoms with Crippen LogP contribution in [0.5, 0.6) is 0 Å². The molecule has 0 amide bonds. The van der Waals surface area contributed by atoms with Crippen molar-refractivity contribution in [3.63, 3.8) is 0 Å². The van der Waals surface area contributed by atoms with E-state index in [1.165, 1.54) is 0 Å². The zero-order chi connectivity index (χ0) is 7.82. The highest BCUT2D eigenvalue weighted by Crippen LogP contribution is 1.92. The number of nitrogens with zero attached hydrogens (tertiary/aromatic N) is 2. The summed E-state index contributed by atoms with van der Waals surface area (Å²) in [6.45, 7) is 3.64. The molecule has 0 atom stereocenters. The Bertz CT molecular complexity index is 106. The van der Waals surface area contributed by atoms with Gasteiger partial charge in [0, 0.05) is 20.3 Å². The maximum Gasteiger partial charge on any atom is 0.0245 e. The van der Waals surface area contributed by atoms with Crippen LogP contribution in [0.3, 0.4) is 0 Å². The normalized spacial score (nSPS) is 10.2. The van der Waals surface area contributed by atoms with E-state index in [9.17, 15) is 0 Å². The Morgan fingerprint density at radius 1 is 1.40 bits per heavy atom. The molecule has 0 N–H and O–H groups in total. The Morgan fingerprint density at radius 2 is 2.10 bits per heavy atom. The fourth-order valence-electron chi connectivity index (χ4n) is 0.575. The molecule has 0 saturated heterocycles. The predicted molar refractivity (Wildman–Crippen MR) is 46.2 cm³/mol. The highest BCUT2D eigenvalue weighted by atomic mass is 15.4. The maximum absolute atomic E-state index is 4.07. The number of hydrogen-bond acceptors (Lipinski definition) is 2.